The number of halogens is 1. The predicted octanol–water partition coefficient (Wildman–Crippen LogP) is 4.69. The zero-order chi connectivity index (χ0) is 17.9. The lowest BCUT2D eigenvalue weighted by atomic mass is 10.1. The number of benzene rings is 2. The molecule has 0 aliphatic heterocycles. The van der Waals surface area contributed by atoms with Crippen molar-refractivity contribution in [1.29, 1.82) is 0 Å². The van der Waals surface area contributed by atoms with Crippen LogP contribution >= 0.6 is 24.0 Å². The number of nitrogens with one attached hydrogen (secondary N) is 1. The summed E-state index contributed by atoms with van der Waals surface area (Å²) in [5.74, 6) is 0.468. The minimum Gasteiger partial charge on any atom is -0.381 e. The molecule has 142 valence electrons. The number of unbranched alkanes of at least 4 members (excludes halogenated alkanes) is 1. The monoisotopic (exact) mass is 467 g/mol. The van der Waals surface area contributed by atoms with E-state index in [0.29, 0.717) is 12.5 Å². The van der Waals surface area contributed by atoms with Gasteiger partial charge in [0.25, 0.3) is 0 Å². The lowest BCUT2D eigenvalue weighted by Gasteiger charge is -2.08. The van der Waals surface area contributed by atoms with Crippen molar-refractivity contribution in [2.75, 3.05) is 25.1 Å². The summed E-state index contributed by atoms with van der Waals surface area (Å²) in [6.07, 6.45) is 2.93. The highest BCUT2D eigenvalue weighted by Crippen LogP contribution is 2.13. The van der Waals surface area contributed by atoms with Gasteiger partial charge in [0.15, 0.2) is 5.96 Å². The van der Waals surface area contributed by atoms with E-state index in [9.17, 15) is 0 Å². The summed E-state index contributed by atoms with van der Waals surface area (Å²) in [7, 11) is 0. The van der Waals surface area contributed by atoms with Gasteiger partial charge in [0.05, 0.1) is 6.61 Å². The molecule has 0 fully saturated rings. The molecule has 3 N–H and O–H groups in total. The van der Waals surface area contributed by atoms with Crippen LogP contribution in [-0.2, 0) is 11.2 Å². The van der Waals surface area contributed by atoms with E-state index in [1.807, 2.05) is 6.07 Å². The molecule has 5 heteroatoms. The van der Waals surface area contributed by atoms with Gasteiger partial charge in [0.2, 0.25) is 0 Å². The Hall–Kier alpha value is -1.60. The molecule has 0 amide bonds. The Labute approximate surface area is 174 Å². The first kappa shape index (κ1) is 22.4. The standard InChI is InChI=1S/C21H29N3O.HI/c1-17-14-18(2)16-20(15-17)24-21(22)23-11-6-7-12-25-13-10-19-8-4-3-5-9-19;/h3-5,8-9,14-16H,6-7,10-13H2,1-2H3,(H3,22,23,24);1H. The van der Waals surface area contributed by atoms with Crippen molar-refractivity contribution in [2.24, 2.45) is 10.7 Å². The van der Waals surface area contributed by atoms with E-state index in [-0.39, 0.29) is 24.0 Å². The second kappa shape index (κ2) is 12.7. The fourth-order valence-corrected chi connectivity index (χ4v) is 2.69. The van der Waals surface area contributed by atoms with Gasteiger partial charge in [-0.2, -0.15) is 0 Å². The Kier molecular flexibility index (Phi) is 11.0. The van der Waals surface area contributed by atoms with E-state index in [2.05, 4.69) is 66.6 Å². The van der Waals surface area contributed by atoms with Crippen LogP contribution in [0.4, 0.5) is 5.69 Å². The Morgan fingerprint density at radius 3 is 2.38 bits per heavy atom. The molecular formula is C21H30IN3O. The topological polar surface area (TPSA) is 59.6 Å². The first-order chi connectivity index (χ1) is 12.1. The number of rotatable bonds is 9. The molecule has 2 rings (SSSR count). The fourth-order valence-electron chi connectivity index (χ4n) is 2.69. The van der Waals surface area contributed by atoms with Crippen molar-refractivity contribution in [3.63, 3.8) is 0 Å². The van der Waals surface area contributed by atoms with E-state index in [4.69, 9.17) is 10.5 Å². The van der Waals surface area contributed by atoms with E-state index in [1.54, 1.807) is 0 Å². The summed E-state index contributed by atoms with van der Waals surface area (Å²) in [5.41, 5.74) is 10.7. The first-order valence-electron chi connectivity index (χ1n) is 8.90. The molecule has 0 radical (unpaired) electrons. The molecule has 0 saturated heterocycles. The molecule has 0 saturated carbocycles. The average Bonchev–Trinajstić information content (AvgIpc) is 2.57. The van der Waals surface area contributed by atoms with Crippen LogP contribution in [0.1, 0.15) is 29.5 Å². The molecule has 0 aliphatic rings. The van der Waals surface area contributed by atoms with Gasteiger partial charge in [-0.3, -0.25) is 4.99 Å². The molecule has 2 aromatic carbocycles. The molecular weight excluding hydrogens is 437 g/mol. The highest BCUT2D eigenvalue weighted by molar-refractivity contribution is 14.0. The Bertz CT molecular complexity index is 654. The van der Waals surface area contributed by atoms with Crippen molar-refractivity contribution in [3.8, 4) is 0 Å². The average molecular weight is 467 g/mol. The normalized spacial score (nSPS) is 11.1. The third kappa shape index (κ3) is 9.20. The van der Waals surface area contributed by atoms with Crippen molar-refractivity contribution >= 4 is 35.6 Å². The largest absolute Gasteiger partial charge is 0.381 e. The second-order valence-electron chi connectivity index (χ2n) is 6.32. The summed E-state index contributed by atoms with van der Waals surface area (Å²) in [6, 6.07) is 16.7. The lowest BCUT2D eigenvalue weighted by molar-refractivity contribution is 0.134. The van der Waals surface area contributed by atoms with E-state index in [1.165, 1.54) is 16.7 Å². The number of hydrogen-bond acceptors (Lipinski definition) is 2. The first-order valence-corrected chi connectivity index (χ1v) is 8.90. The van der Waals surface area contributed by atoms with Crippen LogP contribution in [-0.4, -0.2) is 25.7 Å². The van der Waals surface area contributed by atoms with Crippen LogP contribution in [0.3, 0.4) is 0 Å². The smallest absolute Gasteiger partial charge is 0.193 e. The molecule has 26 heavy (non-hydrogen) atoms. The van der Waals surface area contributed by atoms with Gasteiger partial charge in [-0.1, -0.05) is 36.4 Å². The van der Waals surface area contributed by atoms with Crippen LogP contribution in [0.15, 0.2) is 53.5 Å². The molecule has 0 bridgehead atoms. The predicted molar refractivity (Wildman–Crippen MR) is 122 cm³/mol. The number of hydrogen-bond donors (Lipinski definition) is 2. The minimum absolute atomic E-state index is 0. The third-order valence-electron chi connectivity index (χ3n) is 3.85. The van der Waals surface area contributed by atoms with Crippen LogP contribution < -0.4 is 11.1 Å². The zero-order valence-electron chi connectivity index (χ0n) is 15.7. The maximum absolute atomic E-state index is 5.94. The highest BCUT2D eigenvalue weighted by atomic mass is 127. The summed E-state index contributed by atoms with van der Waals surface area (Å²) in [6.45, 7) is 6.40. The minimum atomic E-state index is 0. The van der Waals surface area contributed by atoms with Gasteiger partial charge < -0.3 is 15.8 Å². The van der Waals surface area contributed by atoms with Crippen molar-refractivity contribution in [1.82, 2.24) is 0 Å². The molecule has 0 atom stereocenters. The van der Waals surface area contributed by atoms with Gasteiger partial charge in [-0.15, -0.1) is 24.0 Å². The summed E-state index contributed by atoms with van der Waals surface area (Å²) in [5, 5.41) is 3.15. The van der Waals surface area contributed by atoms with Crippen molar-refractivity contribution in [2.45, 2.75) is 33.1 Å². The van der Waals surface area contributed by atoms with Crippen LogP contribution in [0.2, 0.25) is 0 Å². The Balaban J connectivity index is 0.00000338. The zero-order valence-corrected chi connectivity index (χ0v) is 18.0. The van der Waals surface area contributed by atoms with Crippen LogP contribution in [0.5, 0.6) is 0 Å². The van der Waals surface area contributed by atoms with E-state index >= 15 is 0 Å². The molecule has 0 heterocycles. The highest BCUT2D eigenvalue weighted by Gasteiger charge is 1.98. The van der Waals surface area contributed by atoms with Gasteiger partial charge in [0.1, 0.15) is 0 Å². The number of guanidine groups is 1. The Morgan fingerprint density at radius 1 is 1.00 bits per heavy atom. The molecule has 0 unspecified atom stereocenters. The van der Waals surface area contributed by atoms with Gasteiger partial charge in [-0.25, -0.2) is 0 Å². The molecule has 0 spiro atoms. The van der Waals surface area contributed by atoms with Crippen molar-refractivity contribution in [3.05, 3.63) is 65.2 Å². The Morgan fingerprint density at radius 2 is 1.69 bits per heavy atom. The molecule has 2 aromatic rings. The lowest BCUT2D eigenvalue weighted by Crippen LogP contribution is -2.23. The molecule has 4 nitrogen and oxygen atoms in total. The third-order valence-corrected chi connectivity index (χ3v) is 3.85. The number of nitrogens with zero attached hydrogens (tertiary/aromatic N) is 1. The quantitative estimate of drug-likeness (QED) is 0.244. The molecule has 0 aliphatic carbocycles. The summed E-state index contributed by atoms with van der Waals surface area (Å²) >= 11 is 0. The van der Waals surface area contributed by atoms with E-state index < -0.39 is 0 Å². The maximum Gasteiger partial charge on any atom is 0.193 e. The van der Waals surface area contributed by atoms with Gasteiger partial charge in [0, 0.05) is 18.8 Å². The second-order valence-corrected chi connectivity index (χ2v) is 6.32. The maximum atomic E-state index is 5.94. The van der Waals surface area contributed by atoms with Crippen LogP contribution in [0.25, 0.3) is 0 Å². The van der Waals surface area contributed by atoms with Gasteiger partial charge >= 0.3 is 0 Å². The van der Waals surface area contributed by atoms with Crippen LogP contribution in [0, 0.1) is 13.8 Å². The number of ether oxygens (including phenoxy) is 1. The SMILES string of the molecule is Cc1cc(C)cc(NC(N)=NCCCCOCCc2ccccc2)c1.I. The summed E-state index contributed by atoms with van der Waals surface area (Å²) < 4.78 is 5.67. The van der Waals surface area contributed by atoms with E-state index in [0.717, 1.165) is 38.2 Å². The molecule has 0 aromatic heterocycles. The van der Waals surface area contributed by atoms with Gasteiger partial charge in [-0.05, 0) is 61.9 Å². The number of aryl methyl sites for hydroxylation is 2. The number of anilines is 1. The summed E-state index contributed by atoms with van der Waals surface area (Å²) in [4.78, 5) is 4.37. The van der Waals surface area contributed by atoms with Crippen molar-refractivity contribution < 1.29 is 4.74 Å². The number of aliphatic imine (C=N–C) groups is 1. The number of nitrogens with two attached hydrogens (primary N) is 1. The fraction of sp³-hybridized carbons (Fsp3) is 0.381.